The lowest BCUT2D eigenvalue weighted by molar-refractivity contribution is -0.144. The molecule has 0 amide bonds. The Bertz CT molecular complexity index is 231. The molecule has 2 N–H and O–H groups in total. The molecule has 0 saturated heterocycles. The molecule has 0 spiro atoms. The molecule has 2 unspecified atom stereocenters. The van der Waals surface area contributed by atoms with Gasteiger partial charge in [0.2, 0.25) is 0 Å². The molecule has 0 aromatic rings. The van der Waals surface area contributed by atoms with Crippen LogP contribution in [0.25, 0.3) is 0 Å². The molecule has 0 aliphatic heterocycles. The lowest BCUT2D eigenvalue weighted by atomic mass is 9.96. The summed E-state index contributed by atoms with van der Waals surface area (Å²) < 4.78 is 5.64. The number of ether oxygens (including phenoxy) is 1. The van der Waals surface area contributed by atoms with Gasteiger partial charge in [-0.15, -0.1) is 0 Å². The van der Waals surface area contributed by atoms with Gasteiger partial charge in [-0.05, 0) is 39.2 Å². The Kier molecular flexibility index (Phi) is 7.39. The first-order valence-corrected chi connectivity index (χ1v) is 6.43. The maximum Gasteiger partial charge on any atom is 0.323 e. The van der Waals surface area contributed by atoms with Gasteiger partial charge in [0.15, 0.2) is 0 Å². The highest BCUT2D eigenvalue weighted by molar-refractivity contribution is 5.78. The minimum Gasteiger partial charge on any atom is -0.480 e. The van der Waals surface area contributed by atoms with Crippen molar-refractivity contribution >= 4 is 5.97 Å². The zero-order chi connectivity index (χ0) is 13.5. The molecule has 0 heterocycles. The van der Waals surface area contributed by atoms with Gasteiger partial charge in [0, 0.05) is 6.61 Å². The minimum atomic E-state index is -0.834. The number of rotatable bonds is 9. The van der Waals surface area contributed by atoms with Crippen LogP contribution >= 0.6 is 0 Å². The zero-order valence-corrected chi connectivity index (χ0v) is 11.7. The van der Waals surface area contributed by atoms with Crippen LogP contribution in [-0.4, -0.2) is 35.9 Å². The first-order chi connectivity index (χ1) is 7.83. The molecule has 0 aliphatic carbocycles. The molecule has 102 valence electrons. The number of aliphatic carboxylic acids is 1. The Balaban J connectivity index is 3.95. The number of carboxylic acid groups (broad SMARTS) is 1. The molecule has 4 heteroatoms. The van der Waals surface area contributed by atoms with Crippen LogP contribution in [-0.2, 0) is 9.53 Å². The second-order valence-electron chi connectivity index (χ2n) is 5.09. The van der Waals surface area contributed by atoms with Crippen molar-refractivity contribution in [2.24, 2.45) is 5.92 Å². The van der Waals surface area contributed by atoms with E-state index in [2.05, 4.69) is 19.2 Å². The summed E-state index contributed by atoms with van der Waals surface area (Å²) in [5.74, 6) is -0.300. The zero-order valence-electron chi connectivity index (χ0n) is 11.7. The van der Waals surface area contributed by atoms with Gasteiger partial charge in [-0.1, -0.05) is 20.8 Å². The fraction of sp³-hybridized carbons (Fsp3) is 0.923. The molecule has 2 atom stereocenters. The summed E-state index contributed by atoms with van der Waals surface area (Å²) in [5, 5.41) is 12.2. The fourth-order valence-corrected chi connectivity index (χ4v) is 1.55. The van der Waals surface area contributed by atoms with E-state index in [4.69, 9.17) is 9.84 Å². The van der Waals surface area contributed by atoms with E-state index in [0.717, 1.165) is 6.42 Å². The van der Waals surface area contributed by atoms with Crippen LogP contribution in [0.4, 0.5) is 0 Å². The number of nitrogens with one attached hydrogen (secondary N) is 1. The topological polar surface area (TPSA) is 58.6 Å². The van der Waals surface area contributed by atoms with Crippen molar-refractivity contribution in [2.45, 2.75) is 59.1 Å². The van der Waals surface area contributed by atoms with Gasteiger partial charge in [-0.2, -0.15) is 0 Å². The lowest BCUT2D eigenvalue weighted by Crippen LogP contribution is -2.49. The van der Waals surface area contributed by atoms with Crippen LogP contribution in [0, 0.1) is 5.92 Å². The van der Waals surface area contributed by atoms with Crippen LogP contribution in [0.5, 0.6) is 0 Å². The van der Waals surface area contributed by atoms with Crippen molar-refractivity contribution in [1.82, 2.24) is 5.32 Å². The minimum absolute atomic E-state index is 0.227. The van der Waals surface area contributed by atoms with Crippen LogP contribution in [0.2, 0.25) is 0 Å². The molecular weight excluding hydrogens is 218 g/mol. The second-order valence-corrected chi connectivity index (χ2v) is 5.09. The quantitative estimate of drug-likeness (QED) is 0.612. The highest BCUT2D eigenvalue weighted by Gasteiger charge is 2.31. The highest BCUT2D eigenvalue weighted by atomic mass is 16.5. The molecule has 0 bridgehead atoms. The van der Waals surface area contributed by atoms with Crippen molar-refractivity contribution in [3.8, 4) is 0 Å². The van der Waals surface area contributed by atoms with Gasteiger partial charge in [0.1, 0.15) is 5.54 Å². The van der Waals surface area contributed by atoms with E-state index in [1.54, 1.807) is 6.92 Å². The Hall–Kier alpha value is -0.610. The van der Waals surface area contributed by atoms with E-state index in [-0.39, 0.29) is 6.10 Å². The predicted octanol–water partition coefficient (Wildman–Crippen LogP) is 2.28. The third-order valence-corrected chi connectivity index (χ3v) is 3.18. The number of carbonyl (C=O) groups is 1. The van der Waals surface area contributed by atoms with E-state index in [9.17, 15) is 4.79 Å². The van der Waals surface area contributed by atoms with E-state index < -0.39 is 11.5 Å². The Labute approximate surface area is 105 Å². The molecule has 0 aromatic carbocycles. The summed E-state index contributed by atoms with van der Waals surface area (Å²) >= 11 is 0. The first-order valence-electron chi connectivity index (χ1n) is 6.43. The fourth-order valence-electron chi connectivity index (χ4n) is 1.55. The summed E-state index contributed by atoms with van der Waals surface area (Å²) in [6.07, 6.45) is 1.57. The normalized spacial score (nSPS) is 16.8. The maximum atomic E-state index is 11.1. The number of likely N-dealkylation sites (N-methyl/N-ethyl adjacent to an activating group) is 1. The summed E-state index contributed by atoms with van der Waals surface area (Å²) in [6, 6.07) is 0. The monoisotopic (exact) mass is 245 g/mol. The summed E-state index contributed by atoms with van der Waals surface area (Å²) in [5.41, 5.74) is -0.834. The van der Waals surface area contributed by atoms with E-state index >= 15 is 0 Å². The van der Waals surface area contributed by atoms with Crippen molar-refractivity contribution in [1.29, 1.82) is 0 Å². The Morgan fingerprint density at radius 1 is 1.41 bits per heavy atom. The van der Waals surface area contributed by atoms with Gasteiger partial charge >= 0.3 is 5.97 Å². The maximum absolute atomic E-state index is 11.1. The van der Waals surface area contributed by atoms with Gasteiger partial charge in [-0.25, -0.2) is 0 Å². The van der Waals surface area contributed by atoms with Gasteiger partial charge in [-0.3, -0.25) is 4.79 Å². The van der Waals surface area contributed by atoms with Crippen LogP contribution < -0.4 is 5.32 Å². The van der Waals surface area contributed by atoms with Crippen molar-refractivity contribution in [3.05, 3.63) is 0 Å². The van der Waals surface area contributed by atoms with Crippen molar-refractivity contribution in [2.75, 3.05) is 13.2 Å². The summed E-state index contributed by atoms with van der Waals surface area (Å²) in [6.45, 7) is 11.2. The average molecular weight is 245 g/mol. The van der Waals surface area contributed by atoms with Crippen LogP contribution in [0.1, 0.15) is 47.5 Å². The molecule has 0 aliphatic rings. The third kappa shape index (κ3) is 6.03. The molecule has 0 aromatic heterocycles. The first kappa shape index (κ1) is 16.4. The molecule has 0 saturated carbocycles. The predicted molar refractivity (Wildman–Crippen MR) is 69.2 cm³/mol. The van der Waals surface area contributed by atoms with E-state index in [1.807, 2.05) is 13.8 Å². The van der Waals surface area contributed by atoms with Gasteiger partial charge in [0.25, 0.3) is 0 Å². The number of carboxylic acids is 1. The third-order valence-electron chi connectivity index (χ3n) is 3.18. The Morgan fingerprint density at radius 2 is 2.00 bits per heavy atom. The van der Waals surface area contributed by atoms with Gasteiger partial charge < -0.3 is 15.2 Å². The van der Waals surface area contributed by atoms with Crippen molar-refractivity contribution < 1.29 is 14.6 Å². The SMILES string of the molecule is CCNC(C)(CCCOC(C)C(C)C)C(=O)O. The van der Waals surface area contributed by atoms with E-state index in [1.165, 1.54) is 0 Å². The molecule has 0 radical (unpaired) electrons. The van der Waals surface area contributed by atoms with Crippen LogP contribution in [0.15, 0.2) is 0 Å². The van der Waals surface area contributed by atoms with E-state index in [0.29, 0.717) is 25.5 Å². The number of hydrogen-bond donors (Lipinski definition) is 2. The molecule has 4 nitrogen and oxygen atoms in total. The molecule has 0 fully saturated rings. The average Bonchev–Trinajstić information content (AvgIpc) is 2.24. The second kappa shape index (κ2) is 7.67. The lowest BCUT2D eigenvalue weighted by Gasteiger charge is -2.26. The molecule has 0 rings (SSSR count). The Morgan fingerprint density at radius 3 is 2.41 bits per heavy atom. The largest absolute Gasteiger partial charge is 0.480 e. The smallest absolute Gasteiger partial charge is 0.323 e. The number of hydrogen-bond acceptors (Lipinski definition) is 3. The van der Waals surface area contributed by atoms with Gasteiger partial charge in [0.05, 0.1) is 6.10 Å². The standard InChI is InChI=1S/C13H27NO3/c1-6-14-13(5,12(15)16)8-7-9-17-11(4)10(2)3/h10-11,14H,6-9H2,1-5H3,(H,15,16). The molecule has 17 heavy (non-hydrogen) atoms. The van der Waals surface area contributed by atoms with Crippen LogP contribution in [0.3, 0.4) is 0 Å². The summed E-state index contributed by atoms with van der Waals surface area (Å²) in [7, 11) is 0. The molecular formula is C13H27NO3. The highest BCUT2D eigenvalue weighted by Crippen LogP contribution is 2.14. The summed E-state index contributed by atoms with van der Waals surface area (Å²) in [4.78, 5) is 11.1. The van der Waals surface area contributed by atoms with Crippen molar-refractivity contribution in [3.63, 3.8) is 0 Å².